The molecule has 2 aliphatic heterocycles. The Morgan fingerprint density at radius 3 is 2.50 bits per heavy atom. The van der Waals surface area contributed by atoms with Crippen molar-refractivity contribution in [3.8, 4) is 0 Å². The number of aryl methyl sites for hydroxylation is 3. The van der Waals surface area contributed by atoms with E-state index in [0.29, 0.717) is 5.17 Å². The predicted molar refractivity (Wildman–Crippen MR) is 124 cm³/mol. The molecule has 2 heterocycles. The van der Waals surface area contributed by atoms with Gasteiger partial charge in [0, 0.05) is 16.6 Å². The largest absolute Gasteiger partial charge is 0.325 e. The van der Waals surface area contributed by atoms with Gasteiger partial charge in [-0.3, -0.25) is 9.79 Å². The van der Waals surface area contributed by atoms with Crippen molar-refractivity contribution in [2.75, 3.05) is 28.3 Å². The first kappa shape index (κ1) is 20.9. The average Bonchev–Trinajstić information content (AvgIpc) is 3.12. The van der Waals surface area contributed by atoms with Crippen LogP contribution in [-0.2, 0) is 14.6 Å². The van der Waals surface area contributed by atoms with Crippen molar-refractivity contribution < 1.29 is 13.2 Å². The Morgan fingerprint density at radius 2 is 1.83 bits per heavy atom. The van der Waals surface area contributed by atoms with Gasteiger partial charge < -0.3 is 10.2 Å². The van der Waals surface area contributed by atoms with Crippen LogP contribution in [0, 0.1) is 20.8 Å². The van der Waals surface area contributed by atoms with E-state index >= 15 is 0 Å². The number of thioether (sulfide) groups is 1. The normalized spacial score (nSPS) is 21.8. The van der Waals surface area contributed by atoms with E-state index in [9.17, 15) is 13.2 Å². The summed E-state index contributed by atoms with van der Waals surface area (Å²) < 4.78 is 23.9. The van der Waals surface area contributed by atoms with Crippen LogP contribution < -0.4 is 10.2 Å². The zero-order valence-corrected chi connectivity index (χ0v) is 18.9. The van der Waals surface area contributed by atoms with Crippen LogP contribution >= 0.6 is 11.8 Å². The van der Waals surface area contributed by atoms with Crippen molar-refractivity contribution in [2.45, 2.75) is 32.1 Å². The maximum absolute atomic E-state index is 12.9. The lowest BCUT2D eigenvalue weighted by atomic mass is 10.1. The first-order valence-corrected chi connectivity index (χ1v) is 12.6. The molecule has 2 atom stereocenters. The van der Waals surface area contributed by atoms with Gasteiger partial charge in [0.1, 0.15) is 6.54 Å². The second kappa shape index (κ2) is 8.07. The predicted octanol–water partition coefficient (Wildman–Crippen LogP) is 3.33. The van der Waals surface area contributed by atoms with Gasteiger partial charge in [-0.25, -0.2) is 8.42 Å². The van der Waals surface area contributed by atoms with Gasteiger partial charge in [-0.2, -0.15) is 0 Å². The molecular formula is C22H25N3O3S2. The number of nitrogens with zero attached hydrogens (tertiary/aromatic N) is 2. The van der Waals surface area contributed by atoms with E-state index in [0.717, 1.165) is 28.1 Å². The number of amides is 1. The highest BCUT2D eigenvalue weighted by Crippen LogP contribution is 2.37. The second-order valence-corrected chi connectivity index (χ2v) is 11.4. The van der Waals surface area contributed by atoms with Gasteiger partial charge in [0.25, 0.3) is 0 Å². The Hall–Kier alpha value is -2.32. The summed E-state index contributed by atoms with van der Waals surface area (Å²) >= 11 is 1.47. The minimum atomic E-state index is -3.03. The van der Waals surface area contributed by atoms with Crippen LogP contribution in [0.15, 0.2) is 47.5 Å². The number of anilines is 2. The lowest BCUT2D eigenvalue weighted by Gasteiger charge is -2.25. The summed E-state index contributed by atoms with van der Waals surface area (Å²) in [6.07, 6.45) is 0. The van der Waals surface area contributed by atoms with E-state index in [1.54, 1.807) is 0 Å². The van der Waals surface area contributed by atoms with Crippen LogP contribution in [0.3, 0.4) is 0 Å². The number of rotatable bonds is 4. The lowest BCUT2D eigenvalue weighted by Crippen LogP contribution is -2.36. The molecule has 1 fully saturated rings. The van der Waals surface area contributed by atoms with Crippen molar-refractivity contribution >= 4 is 44.0 Å². The Kier molecular flexibility index (Phi) is 5.63. The zero-order valence-electron chi connectivity index (χ0n) is 17.3. The molecule has 0 aromatic heterocycles. The number of carbonyl (C=O) groups is 1. The fourth-order valence-corrected chi connectivity index (χ4v) is 7.69. The molecule has 158 valence electrons. The van der Waals surface area contributed by atoms with Crippen LogP contribution in [0.1, 0.15) is 16.7 Å². The van der Waals surface area contributed by atoms with Crippen LogP contribution in [0.2, 0.25) is 0 Å². The monoisotopic (exact) mass is 443 g/mol. The summed E-state index contributed by atoms with van der Waals surface area (Å²) in [5.41, 5.74) is 4.91. The molecule has 0 spiro atoms. The lowest BCUT2D eigenvalue weighted by molar-refractivity contribution is -0.114. The molecule has 6 nitrogen and oxygen atoms in total. The third-order valence-corrected chi connectivity index (χ3v) is 8.41. The van der Waals surface area contributed by atoms with Crippen molar-refractivity contribution in [3.05, 3.63) is 59.2 Å². The standard InChI is InChI=1S/C22H25N3O3S2/c1-14-5-4-6-17(8-14)23-21(26)11-25(18-9-15(2)7-16(3)10-18)22-24-19-12-30(27,28)13-20(19)29-22/h4-10,19-20H,11-13H2,1-3H3,(H,23,26)/t19-,20+/m0/s1. The number of sulfone groups is 1. The van der Waals surface area contributed by atoms with E-state index < -0.39 is 9.84 Å². The van der Waals surface area contributed by atoms with Crippen LogP contribution in [0.25, 0.3) is 0 Å². The Balaban J connectivity index is 1.60. The summed E-state index contributed by atoms with van der Waals surface area (Å²) in [7, 11) is -3.03. The van der Waals surface area contributed by atoms with E-state index in [1.165, 1.54) is 11.8 Å². The summed E-state index contributed by atoms with van der Waals surface area (Å²) in [4.78, 5) is 19.5. The van der Waals surface area contributed by atoms with Crippen molar-refractivity contribution in [2.24, 2.45) is 4.99 Å². The SMILES string of the molecule is Cc1cccc(NC(=O)CN(C2=N[C@H]3CS(=O)(=O)C[C@H]3S2)c2cc(C)cc(C)c2)c1. The fraction of sp³-hybridized carbons (Fsp3) is 0.364. The van der Waals surface area contributed by atoms with E-state index in [2.05, 4.69) is 11.4 Å². The van der Waals surface area contributed by atoms with Gasteiger partial charge in [-0.15, -0.1) is 0 Å². The molecule has 0 bridgehead atoms. The topological polar surface area (TPSA) is 78.8 Å². The summed E-state index contributed by atoms with van der Waals surface area (Å²) in [6.45, 7) is 6.13. The third-order valence-electron chi connectivity index (χ3n) is 5.16. The third kappa shape index (κ3) is 4.70. The van der Waals surface area contributed by atoms with Crippen LogP contribution in [-0.4, -0.2) is 48.8 Å². The molecule has 2 aromatic rings. The molecular weight excluding hydrogens is 418 g/mol. The number of hydrogen-bond donors (Lipinski definition) is 1. The van der Waals surface area contributed by atoms with E-state index in [-0.39, 0.29) is 35.2 Å². The fourth-order valence-electron chi connectivity index (χ4n) is 3.91. The molecule has 0 radical (unpaired) electrons. The number of amidine groups is 1. The maximum atomic E-state index is 12.9. The number of aliphatic imine (C=N–C) groups is 1. The van der Waals surface area contributed by atoms with Crippen molar-refractivity contribution in [1.29, 1.82) is 0 Å². The molecule has 1 saturated heterocycles. The second-order valence-electron chi connectivity index (χ2n) is 8.06. The number of fused-ring (bicyclic) bond motifs is 1. The van der Waals surface area contributed by atoms with E-state index in [1.807, 2.05) is 62.1 Å². The highest BCUT2D eigenvalue weighted by atomic mass is 32.2. The maximum Gasteiger partial charge on any atom is 0.244 e. The molecule has 2 aromatic carbocycles. The number of hydrogen-bond acceptors (Lipinski definition) is 6. The van der Waals surface area contributed by atoms with Crippen molar-refractivity contribution in [1.82, 2.24) is 0 Å². The zero-order chi connectivity index (χ0) is 21.5. The molecule has 2 aliphatic rings. The van der Waals surface area contributed by atoms with Gasteiger partial charge in [0.2, 0.25) is 5.91 Å². The number of carbonyl (C=O) groups excluding carboxylic acids is 1. The molecule has 30 heavy (non-hydrogen) atoms. The van der Waals surface area contributed by atoms with Crippen LogP contribution in [0.4, 0.5) is 11.4 Å². The van der Waals surface area contributed by atoms with Gasteiger partial charge in [-0.1, -0.05) is 30.0 Å². The smallest absolute Gasteiger partial charge is 0.244 e. The quantitative estimate of drug-likeness (QED) is 0.784. The Morgan fingerprint density at radius 1 is 1.10 bits per heavy atom. The molecule has 0 aliphatic carbocycles. The molecule has 4 rings (SSSR count). The Bertz CT molecular complexity index is 1110. The van der Waals surface area contributed by atoms with Gasteiger partial charge in [-0.05, 0) is 61.7 Å². The average molecular weight is 444 g/mol. The minimum Gasteiger partial charge on any atom is -0.325 e. The van der Waals surface area contributed by atoms with Gasteiger partial charge in [0.05, 0.1) is 17.5 Å². The van der Waals surface area contributed by atoms with Gasteiger partial charge in [0.15, 0.2) is 15.0 Å². The summed E-state index contributed by atoms with van der Waals surface area (Å²) in [6, 6.07) is 13.6. The first-order chi connectivity index (χ1) is 14.2. The first-order valence-electron chi connectivity index (χ1n) is 9.86. The Labute approximate surface area is 181 Å². The van der Waals surface area contributed by atoms with Gasteiger partial charge >= 0.3 is 0 Å². The number of nitrogens with one attached hydrogen (secondary N) is 1. The summed E-state index contributed by atoms with van der Waals surface area (Å²) in [5, 5.41) is 3.60. The van der Waals surface area contributed by atoms with E-state index in [4.69, 9.17) is 4.99 Å². The van der Waals surface area contributed by atoms with Crippen molar-refractivity contribution in [3.63, 3.8) is 0 Å². The summed E-state index contributed by atoms with van der Waals surface area (Å²) in [5.74, 6) is 0.0864. The van der Waals surface area contributed by atoms with Crippen LogP contribution in [0.5, 0.6) is 0 Å². The molecule has 8 heteroatoms. The molecule has 1 N–H and O–H groups in total. The molecule has 0 saturated carbocycles. The molecule has 1 amide bonds. The number of benzene rings is 2. The molecule has 0 unspecified atom stereocenters. The minimum absolute atomic E-state index is 0.0711. The highest BCUT2D eigenvalue weighted by Gasteiger charge is 2.44. The highest BCUT2D eigenvalue weighted by molar-refractivity contribution is 8.15.